The fourth-order valence-electron chi connectivity index (χ4n) is 4.01. The van der Waals surface area contributed by atoms with E-state index in [1.165, 1.54) is 6.92 Å². The van der Waals surface area contributed by atoms with E-state index in [4.69, 9.17) is 11.5 Å². The number of Topliss-reactive ketones (excluding diaryl/α,β-unsaturated/α-hetero) is 1. The molecule has 18 nitrogen and oxygen atoms in total. The van der Waals surface area contributed by atoms with Crippen LogP contribution in [0.1, 0.15) is 60.3 Å². The Morgan fingerprint density at radius 1 is 0.600 bits per heavy atom. The van der Waals surface area contributed by atoms with Crippen molar-refractivity contribution < 1.29 is 54.0 Å². The second-order valence-electron chi connectivity index (χ2n) is 11.0. The van der Waals surface area contributed by atoms with Gasteiger partial charge in [-0.25, -0.2) is 0 Å². The molecule has 0 aliphatic heterocycles. The number of carboxylic acids is 1. The Morgan fingerprint density at radius 2 is 1.04 bits per heavy atom. The van der Waals surface area contributed by atoms with Gasteiger partial charge in [0.15, 0.2) is 5.78 Å². The Balaban J connectivity index is 6.03. The summed E-state index contributed by atoms with van der Waals surface area (Å²) in [6, 6.07) is -7.78. The molecule has 45 heavy (non-hydrogen) atoms. The fourth-order valence-corrected chi connectivity index (χ4v) is 4.01. The number of hydrogen-bond donors (Lipinski definition) is 11. The predicted molar refractivity (Wildman–Crippen MR) is 159 cm³/mol. The van der Waals surface area contributed by atoms with E-state index in [0.29, 0.717) is 12.8 Å². The van der Waals surface area contributed by atoms with Crippen LogP contribution in [-0.4, -0.2) is 123 Å². The van der Waals surface area contributed by atoms with E-state index >= 15 is 0 Å². The zero-order chi connectivity index (χ0) is 35.0. The second-order valence-corrected chi connectivity index (χ2v) is 11.0. The van der Waals surface area contributed by atoms with Gasteiger partial charge in [0, 0.05) is 5.92 Å². The van der Waals surface area contributed by atoms with Gasteiger partial charge in [0.1, 0.15) is 30.2 Å². The highest BCUT2D eigenvalue weighted by Crippen LogP contribution is 2.08. The third-order valence-electron chi connectivity index (χ3n) is 6.58. The van der Waals surface area contributed by atoms with Gasteiger partial charge in [0.05, 0.1) is 31.3 Å². The van der Waals surface area contributed by atoms with Crippen LogP contribution in [0.25, 0.3) is 0 Å². The summed E-state index contributed by atoms with van der Waals surface area (Å²) >= 11 is 0. The quantitative estimate of drug-likeness (QED) is 0.0523. The molecule has 0 aromatic carbocycles. The minimum atomic E-state index is -1.84. The standard InChI is InChI=1S/C27H49N7O11/c1-12(2)23(41)20(13(3)35)33-24(42)16(8-6-7-9-28)30-27(45)22(15(5)37)34-25(43)17(10-19(39)40)31-26(44)21(14(4)36)32-18(38)11-29/h12-17,20-22,35-37H,6-11,28-29H2,1-5H3,(H,30,45)(H,31,44)(H,32,38)(H,33,42)(H,34,43)(H,39,40). The molecule has 0 bridgehead atoms. The molecule has 0 saturated carbocycles. The van der Waals surface area contributed by atoms with Crippen molar-refractivity contribution in [1.29, 1.82) is 0 Å². The highest BCUT2D eigenvalue weighted by atomic mass is 16.4. The lowest BCUT2D eigenvalue weighted by Gasteiger charge is -2.29. The lowest BCUT2D eigenvalue weighted by atomic mass is 9.97. The van der Waals surface area contributed by atoms with Gasteiger partial charge in [-0.15, -0.1) is 0 Å². The van der Waals surface area contributed by atoms with E-state index in [2.05, 4.69) is 26.6 Å². The molecule has 13 N–H and O–H groups in total. The summed E-state index contributed by atoms with van der Waals surface area (Å²) in [5.41, 5.74) is 10.7. The molecule has 0 fully saturated rings. The maximum absolute atomic E-state index is 13.2. The number of nitrogens with two attached hydrogens (primary N) is 2. The predicted octanol–water partition coefficient (Wildman–Crippen LogP) is -4.66. The Labute approximate surface area is 261 Å². The molecule has 258 valence electrons. The van der Waals surface area contributed by atoms with Crippen LogP contribution in [0.3, 0.4) is 0 Å². The van der Waals surface area contributed by atoms with Crippen LogP contribution < -0.4 is 38.1 Å². The third-order valence-corrected chi connectivity index (χ3v) is 6.58. The van der Waals surface area contributed by atoms with Crippen molar-refractivity contribution in [3.05, 3.63) is 0 Å². The number of aliphatic hydroxyl groups excluding tert-OH is 3. The van der Waals surface area contributed by atoms with Gasteiger partial charge >= 0.3 is 5.97 Å². The van der Waals surface area contributed by atoms with E-state index in [0.717, 1.165) is 13.8 Å². The summed E-state index contributed by atoms with van der Waals surface area (Å²) in [6.07, 6.45) is -4.46. The molecule has 0 saturated heterocycles. The van der Waals surface area contributed by atoms with Crippen LogP contribution >= 0.6 is 0 Å². The monoisotopic (exact) mass is 647 g/mol. The largest absolute Gasteiger partial charge is 0.481 e. The number of nitrogens with one attached hydrogen (secondary N) is 5. The van der Waals surface area contributed by atoms with Gasteiger partial charge in [-0.05, 0) is 46.6 Å². The summed E-state index contributed by atoms with van der Waals surface area (Å²) in [5.74, 6) is -7.58. The van der Waals surface area contributed by atoms with Crippen LogP contribution in [0.4, 0.5) is 0 Å². The van der Waals surface area contributed by atoms with Gasteiger partial charge in [-0.2, -0.15) is 0 Å². The minimum absolute atomic E-state index is 0.0323. The number of aliphatic hydroxyl groups is 3. The molecule has 5 amide bonds. The highest BCUT2D eigenvalue weighted by molar-refractivity contribution is 5.98. The first-order chi connectivity index (χ1) is 20.9. The molecule has 0 aromatic heterocycles. The van der Waals surface area contributed by atoms with Gasteiger partial charge in [-0.1, -0.05) is 13.8 Å². The zero-order valence-electron chi connectivity index (χ0n) is 26.2. The maximum Gasteiger partial charge on any atom is 0.305 e. The molecule has 0 heterocycles. The number of rotatable bonds is 21. The van der Waals surface area contributed by atoms with E-state index in [1.807, 2.05) is 0 Å². The molecule has 8 atom stereocenters. The van der Waals surface area contributed by atoms with E-state index in [-0.39, 0.29) is 13.0 Å². The first kappa shape index (κ1) is 41.3. The highest BCUT2D eigenvalue weighted by Gasteiger charge is 2.36. The molecule has 0 aromatic rings. The summed E-state index contributed by atoms with van der Waals surface area (Å²) < 4.78 is 0. The van der Waals surface area contributed by atoms with Crippen molar-refractivity contribution in [3.63, 3.8) is 0 Å². The molecule has 18 heteroatoms. The van der Waals surface area contributed by atoms with Crippen molar-refractivity contribution in [2.24, 2.45) is 17.4 Å². The van der Waals surface area contributed by atoms with Gasteiger partial charge < -0.3 is 58.5 Å². The van der Waals surface area contributed by atoms with E-state index in [9.17, 15) is 54.0 Å². The first-order valence-corrected chi connectivity index (χ1v) is 14.6. The minimum Gasteiger partial charge on any atom is -0.481 e. The Hall–Kier alpha value is -3.71. The molecular formula is C27H49N7O11. The van der Waals surface area contributed by atoms with Crippen molar-refractivity contribution in [3.8, 4) is 0 Å². The van der Waals surface area contributed by atoms with Crippen molar-refractivity contribution in [2.45, 2.75) is 109 Å². The molecule has 8 unspecified atom stereocenters. The van der Waals surface area contributed by atoms with Crippen LogP contribution in [0.5, 0.6) is 0 Å². The molecule has 0 aliphatic carbocycles. The third kappa shape index (κ3) is 14.7. The first-order valence-electron chi connectivity index (χ1n) is 14.6. The second kappa shape index (κ2) is 20.3. The molecular weight excluding hydrogens is 598 g/mol. The average molecular weight is 648 g/mol. The number of carbonyl (C=O) groups is 7. The maximum atomic E-state index is 13.2. The molecule has 0 rings (SSSR count). The number of amides is 5. The average Bonchev–Trinajstić information content (AvgIpc) is 2.94. The Kier molecular flexibility index (Phi) is 18.7. The number of unbranched alkanes of at least 4 members (excludes halogenated alkanes) is 1. The van der Waals surface area contributed by atoms with Crippen molar-refractivity contribution >= 4 is 41.3 Å². The normalized spacial score (nSPS) is 16.5. The topological polar surface area (TPSA) is 313 Å². The smallest absolute Gasteiger partial charge is 0.305 e. The van der Waals surface area contributed by atoms with E-state index in [1.54, 1.807) is 13.8 Å². The number of aliphatic carboxylic acids is 1. The van der Waals surface area contributed by atoms with Crippen LogP contribution in [0.15, 0.2) is 0 Å². The molecule has 0 aliphatic rings. The Bertz CT molecular complexity index is 1040. The van der Waals surface area contributed by atoms with Crippen molar-refractivity contribution in [2.75, 3.05) is 13.1 Å². The lowest BCUT2D eigenvalue weighted by Crippen LogP contribution is -2.62. The van der Waals surface area contributed by atoms with Gasteiger partial charge in [-0.3, -0.25) is 33.6 Å². The van der Waals surface area contributed by atoms with Gasteiger partial charge in [0.25, 0.3) is 0 Å². The summed E-state index contributed by atoms with van der Waals surface area (Å²) in [4.78, 5) is 87.9. The number of carbonyl (C=O) groups excluding carboxylic acids is 6. The summed E-state index contributed by atoms with van der Waals surface area (Å²) in [6.45, 7) is 6.52. The number of carboxylic acid groups (broad SMARTS) is 1. The number of ketones is 1. The lowest BCUT2D eigenvalue weighted by molar-refractivity contribution is -0.142. The molecule has 0 spiro atoms. The fraction of sp³-hybridized carbons (Fsp3) is 0.741. The zero-order valence-corrected chi connectivity index (χ0v) is 26.2. The van der Waals surface area contributed by atoms with Crippen LogP contribution in [0.2, 0.25) is 0 Å². The number of hydrogen-bond acceptors (Lipinski definition) is 12. The Morgan fingerprint density at radius 3 is 1.47 bits per heavy atom. The van der Waals surface area contributed by atoms with Crippen LogP contribution in [0, 0.1) is 5.92 Å². The van der Waals surface area contributed by atoms with E-state index < -0.39 is 109 Å². The summed E-state index contributed by atoms with van der Waals surface area (Å²) in [5, 5.41) is 50.8. The van der Waals surface area contributed by atoms with Crippen molar-refractivity contribution in [1.82, 2.24) is 26.6 Å². The summed E-state index contributed by atoms with van der Waals surface area (Å²) in [7, 11) is 0. The molecule has 0 radical (unpaired) electrons. The van der Waals surface area contributed by atoms with Gasteiger partial charge in [0.2, 0.25) is 29.5 Å². The SMILES string of the molecule is CC(C)C(=O)C(NC(=O)C(CCCCN)NC(=O)C(NC(=O)C(CC(=O)O)NC(=O)C(NC(=O)CN)C(C)O)C(C)O)C(C)O. The van der Waals surface area contributed by atoms with Crippen LogP contribution in [-0.2, 0) is 33.6 Å².